The Labute approximate surface area is 189 Å². The number of carbonyl (C=O) groups is 2. The van der Waals surface area contributed by atoms with E-state index in [4.69, 9.17) is 4.74 Å². The van der Waals surface area contributed by atoms with Crippen molar-refractivity contribution in [3.63, 3.8) is 0 Å². The highest BCUT2D eigenvalue weighted by molar-refractivity contribution is 6.46. The molecule has 1 amide bonds. The van der Waals surface area contributed by atoms with Crippen molar-refractivity contribution in [2.24, 2.45) is 0 Å². The van der Waals surface area contributed by atoms with E-state index in [0.29, 0.717) is 31.2 Å². The minimum atomic E-state index is -0.686. The summed E-state index contributed by atoms with van der Waals surface area (Å²) in [5.41, 5.74) is 2.44. The van der Waals surface area contributed by atoms with Gasteiger partial charge in [-0.25, -0.2) is 0 Å². The van der Waals surface area contributed by atoms with Gasteiger partial charge in [0.2, 0.25) is 5.78 Å². The number of amides is 1. The number of nitrogens with zero attached hydrogens (tertiary/aromatic N) is 1. The van der Waals surface area contributed by atoms with E-state index >= 15 is 0 Å². The summed E-state index contributed by atoms with van der Waals surface area (Å²) in [6.45, 7) is 8.53. The first-order valence-corrected chi connectivity index (χ1v) is 11.3. The zero-order valence-corrected chi connectivity index (χ0v) is 18.7. The van der Waals surface area contributed by atoms with Gasteiger partial charge in [0, 0.05) is 5.57 Å². The zero-order valence-electron chi connectivity index (χ0n) is 18.7. The molecule has 1 N–H and O–H groups in total. The van der Waals surface area contributed by atoms with E-state index in [1.54, 1.807) is 29.2 Å². The molecule has 32 heavy (non-hydrogen) atoms. The molecule has 0 aromatic heterocycles. The van der Waals surface area contributed by atoms with Gasteiger partial charge in [0.25, 0.3) is 5.91 Å². The number of Topliss-reactive ketones (excluding diaryl/α,β-unsaturated/α-hetero) is 1. The minimum Gasteiger partial charge on any atom is -0.872 e. The van der Waals surface area contributed by atoms with E-state index in [-0.39, 0.29) is 11.3 Å². The molecule has 1 unspecified atom stereocenters. The molecule has 1 atom stereocenters. The topological polar surface area (TPSA) is 74.1 Å². The molecule has 2 aliphatic heterocycles. The Morgan fingerprint density at radius 1 is 1.06 bits per heavy atom. The number of morpholine rings is 1. The SMILES string of the molecule is CC(C)c1ccc(C2/C(=C(\[O-])c3ccccc3)C(=O)C(=O)N2CC[NH+]2CCOCC2)cc1. The fourth-order valence-electron chi connectivity index (χ4n) is 4.44. The Bertz CT molecular complexity index is 992. The zero-order chi connectivity index (χ0) is 22.7. The number of ketones is 1. The van der Waals surface area contributed by atoms with Gasteiger partial charge in [-0.2, -0.15) is 0 Å². The first-order valence-electron chi connectivity index (χ1n) is 11.3. The van der Waals surface area contributed by atoms with Crippen LogP contribution in [-0.2, 0) is 14.3 Å². The van der Waals surface area contributed by atoms with Crippen molar-refractivity contribution in [2.75, 3.05) is 39.4 Å². The van der Waals surface area contributed by atoms with Crippen molar-refractivity contribution in [1.82, 2.24) is 4.90 Å². The summed E-state index contributed by atoms with van der Waals surface area (Å²) in [6.07, 6.45) is 0. The maximum atomic E-state index is 13.4. The summed E-state index contributed by atoms with van der Waals surface area (Å²) in [5, 5.41) is 13.4. The molecule has 2 fully saturated rings. The van der Waals surface area contributed by atoms with Gasteiger partial charge in [-0.05, 0) is 22.6 Å². The quantitative estimate of drug-likeness (QED) is 0.417. The van der Waals surface area contributed by atoms with Crippen LogP contribution in [0, 0.1) is 0 Å². The Morgan fingerprint density at radius 2 is 1.72 bits per heavy atom. The standard InChI is InChI=1S/C26H30N2O4/c1-18(2)19-8-10-20(11-9-19)23-22(24(29)21-6-4-3-5-7-21)25(30)26(31)28(23)13-12-27-14-16-32-17-15-27/h3-11,18,23,29H,12-17H2,1-2H3/b24-22+. The number of ether oxygens (including phenoxy) is 1. The second kappa shape index (κ2) is 9.67. The number of hydrogen-bond donors (Lipinski definition) is 1. The fourth-order valence-corrected chi connectivity index (χ4v) is 4.44. The van der Waals surface area contributed by atoms with E-state index in [2.05, 4.69) is 13.8 Å². The van der Waals surface area contributed by atoms with Crippen molar-refractivity contribution in [1.29, 1.82) is 0 Å². The summed E-state index contributed by atoms with van der Waals surface area (Å²) in [7, 11) is 0. The van der Waals surface area contributed by atoms with Crippen LogP contribution in [0.3, 0.4) is 0 Å². The molecule has 0 bridgehead atoms. The molecule has 2 aliphatic rings. The lowest BCUT2D eigenvalue weighted by Gasteiger charge is -2.30. The summed E-state index contributed by atoms with van der Waals surface area (Å²) in [4.78, 5) is 29.0. The number of nitrogens with one attached hydrogen (secondary N) is 1. The highest BCUT2D eigenvalue weighted by Gasteiger charge is 2.44. The summed E-state index contributed by atoms with van der Waals surface area (Å²) in [5.74, 6) is -1.28. The normalized spacial score (nSPS) is 21.5. The maximum Gasteiger partial charge on any atom is 0.295 e. The molecular weight excluding hydrogens is 404 g/mol. The smallest absolute Gasteiger partial charge is 0.295 e. The van der Waals surface area contributed by atoms with Crippen LogP contribution < -0.4 is 10.0 Å². The number of rotatable bonds is 6. The summed E-state index contributed by atoms with van der Waals surface area (Å²) < 4.78 is 5.42. The van der Waals surface area contributed by atoms with E-state index in [1.807, 2.05) is 30.3 Å². The third-order valence-electron chi connectivity index (χ3n) is 6.39. The van der Waals surface area contributed by atoms with Crippen LogP contribution in [0.4, 0.5) is 0 Å². The number of hydrogen-bond acceptors (Lipinski definition) is 4. The Kier molecular flexibility index (Phi) is 6.72. The van der Waals surface area contributed by atoms with E-state index in [1.165, 1.54) is 10.5 Å². The van der Waals surface area contributed by atoms with Crippen molar-refractivity contribution < 1.29 is 24.3 Å². The van der Waals surface area contributed by atoms with Gasteiger partial charge in [-0.1, -0.05) is 74.2 Å². The third kappa shape index (κ3) is 4.47. The van der Waals surface area contributed by atoms with Gasteiger partial charge in [-0.15, -0.1) is 0 Å². The van der Waals surface area contributed by atoms with Crippen molar-refractivity contribution in [2.45, 2.75) is 25.8 Å². The molecule has 2 saturated heterocycles. The molecule has 2 aromatic rings. The molecule has 0 radical (unpaired) electrons. The average Bonchev–Trinajstić information content (AvgIpc) is 3.08. The van der Waals surface area contributed by atoms with Gasteiger partial charge in [0.05, 0.1) is 32.3 Å². The molecule has 6 heteroatoms. The van der Waals surface area contributed by atoms with E-state index in [0.717, 1.165) is 25.2 Å². The number of carbonyl (C=O) groups excluding carboxylic acids is 2. The summed E-state index contributed by atoms with van der Waals surface area (Å²) in [6, 6.07) is 16.0. The highest BCUT2D eigenvalue weighted by Crippen LogP contribution is 2.38. The molecule has 168 valence electrons. The third-order valence-corrected chi connectivity index (χ3v) is 6.39. The first-order chi connectivity index (χ1) is 15.5. The lowest BCUT2D eigenvalue weighted by atomic mass is 9.93. The molecular formula is C26H30N2O4. The molecule has 0 saturated carbocycles. The predicted molar refractivity (Wildman–Crippen MR) is 120 cm³/mol. The Hall–Kier alpha value is -2.96. The first kappa shape index (κ1) is 22.2. The van der Waals surface area contributed by atoms with Crippen LogP contribution in [0.25, 0.3) is 5.76 Å². The van der Waals surface area contributed by atoms with E-state index in [9.17, 15) is 14.7 Å². The van der Waals surface area contributed by atoms with Gasteiger partial charge in [0.1, 0.15) is 13.1 Å². The van der Waals surface area contributed by atoms with Gasteiger partial charge >= 0.3 is 0 Å². The lowest BCUT2D eigenvalue weighted by Crippen LogP contribution is -3.14. The van der Waals surface area contributed by atoms with Crippen LogP contribution in [0.1, 0.15) is 42.5 Å². The number of likely N-dealkylation sites (tertiary alicyclic amines) is 1. The van der Waals surface area contributed by atoms with Crippen molar-refractivity contribution in [3.8, 4) is 0 Å². The second-order valence-electron chi connectivity index (χ2n) is 8.77. The van der Waals surface area contributed by atoms with Gasteiger partial charge < -0.3 is 19.6 Å². The molecule has 4 rings (SSSR count). The Balaban J connectivity index is 1.72. The second-order valence-corrected chi connectivity index (χ2v) is 8.77. The van der Waals surface area contributed by atoms with Crippen LogP contribution in [0.5, 0.6) is 0 Å². The highest BCUT2D eigenvalue weighted by atomic mass is 16.5. The van der Waals surface area contributed by atoms with E-state index < -0.39 is 17.7 Å². The number of quaternary nitrogens is 1. The fraction of sp³-hybridized carbons (Fsp3) is 0.385. The molecule has 0 aliphatic carbocycles. The van der Waals surface area contributed by atoms with Gasteiger partial charge in [-0.3, -0.25) is 9.59 Å². The van der Waals surface area contributed by atoms with Crippen molar-refractivity contribution >= 4 is 17.4 Å². The molecule has 2 heterocycles. The lowest BCUT2D eigenvalue weighted by molar-refractivity contribution is -0.907. The monoisotopic (exact) mass is 434 g/mol. The van der Waals surface area contributed by atoms with Crippen LogP contribution in [0.15, 0.2) is 60.2 Å². The molecule has 0 spiro atoms. The average molecular weight is 435 g/mol. The predicted octanol–water partition coefficient (Wildman–Crippen LogP) is 0.949. The number of benzene rings is 2. The van der Waals surface area contributed by atoms with Crippen LogP contribution >= 0.6 is 0 Å². The van der Waals surface area contributed by atoms with Crippen molar-refractivity contribution in [3.05, 3.63) is 76.9 Å². The minimum absolute atomic E-state index is 0.0514. The largest absolute Gasteiger partial charge is 0.872 e. The molecule has 2 aromatic carbocycles. The van der Waals surface area contributed by atoms with Gasteiger partial charge in [0.15, 0.2) is 0 Å². The van der Waals surface area contributed by atoms with Crippen LogP contribution in [0.2, 0.25) is 0 Å². The molecule has 6 nitrogen and oxygen atoms in total. The van der Waals surface area contributed by atoms with Crippen LogP contribution in [-0.4, -0.2) is 56.0 Å². The summed E-state index contributed by atoms with van der Waals surface area (Å²) >= 11 is 0. The Morgan fingerprint density at radius 3 is 2.34 bits per heavy atom. The maximum absolute atomic E-state index is 13.4.